The zero-order chi connectivity index (χ0) is 20.3. The standard InChI is InChI=1S/C22H21ClO5/c1-4-13(2)27-22(25)14(3)28-17-9-10-18-20(11-17)26-12-19(21(18)24)15-5-7-16(23)8-6-15/h5-14H,4H2,1-3H3/t13-,14-/m0/s1. The molecule has 0 radical (unpaired) electrons. The fraction of sp³-hybridized carbons (Fsp3) is 0.273. The molecule has 0 saturated carbocycles. The van der Waals surface area contributed by atoms with Gasteiger partial charge in [-0.25, -0.2) is 4.79 Å². The molecule has 0 aliphatic heterocycles. The van der Waals surface area contributed by atoms with Crippen molar-refractivity contribution in [3.63, 3.8) is 0 Å². The van der Waals surface area contributed by atoms with Crippen LogP contribution in [0.4, 0.5) is 0 Å². The predicted octanol–water partition coefficient (Wildman–Crippen LogP) is 5.22. The number of carbonyl (C=O) groups is 1. The lowest BCUT2D eigenvalue weighted by atomic mass is 10.1. The summed E-state index contributed by atoms with van der Waals surface area (Å²) in [4.78, 5) is 24.8. The maximum Gasteiger partial charge on any atom is 0.347 e. The van der Waals surface area contributed by atoms with Crippen LogP contribution in [0.2, 0.25) is 5.02 Å². The van der Waals surface area contributed by atoms with E-state index >= 15 is 0 Å². The smallest absolute Gasteiger partial charge is 0.347 e. The summed E-state index contributed by atoms with van der Waals surface area (Å²) < 4.78 is 16.6. The number of benzene rings is 2. The molecule has 0 unspecified atom stereocenters. The zero-order valence-corrected chi connectivity index (χ0v) is 16.7. The summed E-state index contributed by atoms with van der Waals surface area (Å²) >= 11 is 5.90. The fourth-order valence-electron chi connectivity index (χ4n) is 2.64. The molecular weight excluding hydrogens is 380 g/mol. The Hall–Kier alpha value is -2.79. The molecule has 3 aromatic rings. The topological polar surface area (TPSA) is 65.7 Å². The van der Waals surface area contributed by atoms with Gasteiger partial charge < -0.3 is 13.9 Å². The third kappa shape index (κ3) is 4.37. The minimum Gasteiger partial charge on any atom is -0.479 e. The van der Waals surface area contributed by atoms with Crippen molar-refractivity contribution in [2.24, 2.45) is 0 Å². The Kier molecular flexibility index (Phi) is 6.05. The maximum atomic E-state index is 12.8. The maximum absolute atomic E-state index is 12.8. The van der Waals surface area contributed by atoms with Crippen molar-refractivity contribution < 1.29 is 18.7 Å². The molecule has 5 nitrogen and oxygen atoms in total. The highest BCUT2D eigenvalue weighted by Gasteiger charge is 2.19. The molecule has 0 amide bonds. The quantitative estimate of drug-likeness (QED) is 0.530. The van der Waals surface area contributed by atoms with Gasteiger partial charge in [0.25, 0.3) is 0 Å². The fourth-order valence-corrected chi connectivity index (χ4v) is 2.77. The summed E-state index contributed by atoms with van der Waals surface area (Å²) in [6, 6.07) is 11.8. The van der Waals surface area contributed by atoms with E-state index in [1.807, 2.05) is 13.8 Å². The summed E-state index contributed by atoms with van der Waals surface area (Å²) in [5, 5.41) is 1.02. The molecule has 0 bridgehead atoms. The predicted molar refractivity (Wildman–Crippen MR) is 109 cm³/mol. The van der Waals surface area contributed by atoms with Crippen molar-refractivity contribution >= 4 is 28.5 Å². The minimum absolute atomic E-state index is 0.153. The van der Waals surface area contributed by atoms with E-state index in [4.69, 9.17) is 25.5 Å². The van der Waals surface area contributed by atoms with Gasteiger partial charge in [-0.1, -0.05) is 30.7 Å². The van der Waals surface area contributed by atoms with Crippen molar-refractivity contribution in [1.82, 2.24) is 0 Å². The normalized spacial score (nSPS) is 13.1. The number of halogens is 1. The van der Waals surface area contributed by atoms with Gasteiger partial charge in [0.05, 0.1) is 17.1 Å². The van der Waals surface area contributed by atoms with E-state index in [9.17, 15) is 9.59 Å². The number of rotatable bonds is 6. The Morgan fingerprint density at radius 3 is 2.54 bits per heavy atom. The number of carbonyl (C=O) groups excluding carboxylic acids is 1. The summed E-state index contributed by atoms with van der Waals surface area (Å²) in [6.45, 7) is 5.38. The molecule has 0 N–H and O–H groups in total. The SMILES string of the molecule is CC[C@H](C)OC(=O)[C@H](C)Oc1ccc2c(=O)c(-c3ccc(Cl)cc3)coc2c1. The van der Waals surface area contributed by atoms with E-state index in [1.54, 1.807) is 49.4 Å². The Bertz CT molecular complexity index is 1040. The van der Waals surface area contributed by atoms with Crippen molar-refractivity contribution in [3.8, 4) is 16.9 Å². The summed E-state index contributed by atoms with van der Waals surface area (Å²) in [6.07, 6.45) is 1.21. The number of fused-ring (bicyclic) bond motifs is 1. The van der Waals surface area contributed by atoms with Crippen LogP contribution in [0.5, 0.6) is 5.75 Å². The van der Waals surface area contributed by atoms with Crippen LogP contribution in [0, 0.1) is 0 Å². The van der Waals surface area contributed by atoms with Gasteiger partial charge in [-0.2, -0.15) is 0 Å². The van der Waals surface area contributed by atoms with Gasteiger partial charge in [0.1, 0.15) is 17.6 Å². The average Bonchev–Trinajstić information content (AvgIpc) is 2.69. The third-order valence-corrected chi connectivity index (χ3v) is 4.69. The second-order valence-corrected chi connectivity index (χ2v) is 7.00. The highest BCUT2D eigenvalue weighted by molar-refractivity contribution is 6.30. The van der Waals surface area contributed by atoms with Crippen LogP contribution in [0.25, 0.3) is 22.1 Å². The molecule has 146 valence electrons. The largest absolute Gasteiger partial charge is 0.479 e. The minimum atomic E-state index is -0.772. The second kappa shape index (κ2) is 8.48. The molecule has 0 saturated heterocycles. The van der Waals surface area contributed by atoms with Crippen LogP contribution in [-0.2, 0) is 9.53 Å². The van der Waals surface area contributed by atoms with Crippen LogP contribution < -0.4 is 10.2 Å². The Morgan fingerprint density at radius 1 is 1.14 bits per heavy atom. The van der Waals surface area contributed by atoms with E-state index in [1.165, 1.54) is 6.26 Å². The van der Waals surface area contributed by atoms with Gasteiger partial charge in [-0.15, -0.1) is 0 Å². The van der Waals surface area contributed by atoms with Gasteiger partial charge in [-0.05, 0) is 50.1 Å². The number of hydrogen-bond donors (Lipinski definition) is 0. The van der Waals surface area contributed by atoms with Crippen molar-refractivity contribution in [2.45, 2.75) is 39.4 Å². The van der Waals surface area contributed by atoms with E-state index < -0.39 is 12.1 Å². The lowest BCUT2D eigenvalue weighted by Crippen LogP contribution is -2.29. The molecule has 0 aliphatic rings. The summed E-state index contributed by atoms with van der Waals surface area (Å²) in [7, 11) is 0. The van der Waals surface area contributed by atoms with Crippen LogP contribution >= 0.6 is 11.6 Å². The van der Waals surface area contributed by atoms with Gasteiger partial charge in [-0.3, -0.25) is 4.79 Å². The zero-order valence-electron chi connectivity index (χ0n) is 15.9. The monoisotopic (exact) mass is 400 g/mol. The van der Waals surface area contributed by atoms with Crippen LogP contribution in [0.15, 0.2) is 57.9 Å². The number of esters is 1. The van der Waals surface area contributed by atoms with Crippen LogP contribution in [0.3, 0.4) is 0 Å². The lowest BCUT2D eigenvalue weighted by molar-refractivity contribution is -0.155. The summed E-state index contributed by atoms with van der Waals surface area (Å²) in [5.41, 5.74) is 1.40. The van der Waals surface area contributed by atoms with Crippen molar-refractivity contribution in [1.29, 1.82) is 0 Å². The molecule has 1 aromatic heterocycles. The van der Waals surface area contributed by atoms with Crippen molar-refractivity contribution in [2.75, 3.05) is 0 Å². The molecule has 28 heavy (non-hydrogen) atoms. The Morgan fingerprint density at radius 2 is 1.86 bits per heavy atom. The first-order chi connectivity index (χ1) is 13.4. The van der Waals surface area contributed by atoms with E-state index in [0.717, 1.165) is 12.0 Å². The van der Waals surface area contributed by atoms with Gasteiger partial charge >= 0.3 is 5.97 Å². The molecule has 2 atom stereocenters. The van der Waals surface area contributed by atoms with Gasteiger partial charge in [0.2, 0.25) is 0 Å². The molecule has 3 rings (SSSR count). The molecule has 6 heteroatoms. The molecule has 1 heterocycles. The van der Waals surface area contributed by atoms with Gasteiger partial charge in [0, 0.05) is 11.1 Å². The first-order valence-electron chi connectivity index (χ1n) is 9.07. The Labute approximate surface area is 167 Å². The molecule has 0 fully saturated rings. The first kappa shape index (κ1) is 20.0. The number of hydrogen-bond acceptors (Lipinski definition) is 5. The van der Waals surface area contributed by atoms with Crippen molar-refractivity contribution in [3.05, 3.63) is 64.0 Å². The lowest BCUT2D eigenvalue weighted by Gasteiger charge is -2.17. The highest BCUT2D eigenvalue weighted by Crippen LogP contribution is 2.24. The van der Waals surface area contributed by atoms with Crippen LogP contribution in [-0.4, -0.2) is 18.2 Å². The summed E-state index contributed by atoms with van der Waals surface area (Å²) in [5.74, 6) is -0.0162. The second-order valence-electron chi connectivity index (χ2n) is 6.56. The van der Waals surface area contributed by atoms with E-state index in [0.29, 0.717) is 27.3 Å². The van der Waals surface area contributed by atoms with Crippen LogP contribution in [0.1, 0.15) is 27.2 Å². The number of ether oxygens (including phenoxy) is 2. The average molecular weight is 401 g/mol. The molecule has 0 spiro atoms. The molecule has 2 aromatic carbocycles. The molecular formula is C22H21ClO5. The third-order valence-electron chi connectivity index (χ3n) is 4.44. The first-order valence-corrected chi connectivity index (χ1v) is 9.45. The Balaban J connectivity index is 1.85. The van der Waals surface area contributed by atoms with E-state index in [2.05, 4.69) is 0 Å². The molecule has 0 aliphatic carbocycles. The van der Waals surface area contributed by atoms with Gasteiger partial charge in [0.15, 0.2) is 11.5 Å². The van der Waals surface area contributed by atoms with E-state index in [-0.39, 0.29) is 11.5 Å². The highest BCUT2D eigenvalue weighted by atomic mass is 35.5.